The Morgan fingerprint density at radius 1 is 0.842 bits per heavy atom. The molecule has 0 N–H and O–H groups in total. The van der Waals surface area contributed by atoms with E-state index in [1.165, 1.54) is 49.5 Å². The van der Waals surface area contributed by atoms with Crippen molar-refractivity contribution < 1.29 is 9.30 Å². The summed E-state index contributed by atoms with van der Waals surface area (Å²) in [7, 11) is 2.14. The van der Waals surface area contributed by atoms with E-state index < -0.39 is 5.41 Å². The molecule has 5 aromatic rings. The maximum atomic E-state index is 9.58. The summed E-state index contributed by atoms with van der Waals surface area (Å²) in [5.74, 6) is 1.93. The van der Waals surface area contributed by atoms with Crippen LogP contribution in [-0.4, -0.2) is 0 Å². The third-order valence-electron chi connectivity index (χ3n) is 7.88. The van der Waals surface area contributed by atoms with E-state index in [0.29, 0.717) is 6.42 Å². The van der Waals surface area contributed by atoms with Crippen molar-refractivity contribution in [2.24, 2.45) is 17.9 Å². The van der Waals surface area contributed by atoms with Crippen molar-refractivity contribution in [1.29, 1.82) is 5.26 Å². The van der Waals surface area contributed by atoms with E-state index in [4.69, 9.17) is 4.74 Å². The monoisotopic (exact) mass is 499 g/mol. The molecule has 0 atom stereocenters. The quantitative estimate of drug-likeness (QED) is 0.180. The van der Waals surface area contributed by atoms with Gasteiger partial charge in [-0.05, 0) is 77.8 Å². The van der Waals surface area contributed by atoms with Gasteiger partial charge in [0, 0.05) is 17.0 Å². The fourth-order valence-corrected chi connectivity index (χ4v) is 6.19. The van der Waals surface area contributed by atoms with E-state index in [2.05, 4.69) is 106 Å². The minimum absolute atomic E-state index is 0.102. The summed E-state index contributed by atoms with van der Waals surface area (Å²) in [5, 5.41) is 16.8. The molecule has 4 aromatic carbocycles. The lowest BCUT2D eigenvalue weighted by molar-refractivity contribution is -0.659. The molecular weight excluding hydrogens is 464 g/mol. The first-order chi connectivity index (χ1) is 18.0. The molecule has 1 aliphatic rings. The number of ether oxygens (including phenoxy) is 1. The van der Waals surface area contributed by atoms with Gasteiger partial charge in [0.05, 0.1) is 22.4 Å². The first kappa shape index (κ1) is 24.4. The van der Waals surface area contributed by atoms with Crippen molar-refractivity contribution in [2.75, 3.05) is 0 Å². The van der Waals surface area contributed by atoms with E-state index in [1.807, 2.05) is 13.8 Å². The lowest BCUT2D eigenvalue weighted by atomic mass is 9.81. The Balaban J connectivity index is 1.70. The number of fused-ring (bicyclic) bond motifs is 5. The van der Waals surface area contributed by atoms with E-state index in [-0.39, 0.29) is 5.41 Å². The van der Waals surface area contributed by atoms with Crippen LogP contribution < -0.4 is 9.30 Å². The summed E-state index contributed by atoms with van der Waals surface area (Å²) < 4.78 is 9.34. The zero-order valence-electron chi connectivity index (χ0n) is 23.5. The van der Waals surface area contributed by atoms with E-state index >= 15 is 0 Å². The normalized spacial score (nSPS) is 13.0. The molecule has 190 valence electrons. The van der Waals surface area contributed by atoms with Gasteiger partial charge in [-0.15, -0.1) is 0 Å². The number of nitriles is 1. The van der Waals surface area contributed by atoms with Crippen LogP contribution in [-0.2, 0) is 19.9 Å². The highest BCUT2D eigenvalue weighted by Gasteiger charge is 2.34. The number of nitrogens with zero attached hydrogens (tertiary/aromatic N) is 2. The molecule has 1 aliphatic heterocycles. The molecule has 0 saturated carbocycles. The number of rotatable bonds is 3. The lowest BCUT2D eigenvalue weighted by Crippen LogP contribution is -2.32. The standard InChI is InChI=1S/C35H35N2O/c1-21-25-10-8-9-11-27(25)28(19-34(2,3)4)33-29(21)31-30-23(14-15-37(31)7)17-24-16-22(18-35(5,6)20-36)12-13-26(24)32(30)38-33/h8-17H,18-19H2,1-7H3/q+1. The fraction of sp³-hybridized carbons (Fsp3) is 0.314. The second-order valence-electron chi connectivity index (χ2n) is 12.9. The van der Waals surface area contributed by atoms with Gasteiger partial charge in [-0.2, -0.15) is 5.26 Å². The first-order valence-electron chi connectivity index (χ1n) is 13.5. The molecule has 0 radical (unpaired) electrons. The van der Waals surface area contributed by atoms with Gasteiger partial charge in [0.15, 0.2) is 6.20 Å². The first-order valence-corrected chi connectivity index (χ1v) is 13.5. The van der Waals surface area contributed by atoms with Gasteiger partial charge in [0.1, 0.15) is 18.5 Å². The maximum absolute atomic E-state index is 9.58. The highest BCUT2D eigenvalue weighted by atomic mass is 16.5. The summed E-state index contributed by atoms with van der Waals surface area (Å²) in [6.45, 7) is 13.1. The van der Waals surface area contributed by atoms with Crippen molar-refractivity contribution in [3.63, 3.8) is 0 Å². The average Bonchev–Trinajstić information content (AvgIpc) is 2.87. The Bertz CT molecular complexity index is 1830. The topological polar surface area (TPSA) is 36.9 Å². The van der Waals surface area contributed by atoms with Gasteiger partial charge in [-0.1, -0.05) is 63.2 Å². The largest absolute Gasteiger partial charge is 0.455 e. The van der Waals surface area contributed by atoms with Gasteiger partial charge in [0.2, 0.25) is 5.69 Å². The molecule has 0 aliphatic carbocycles. The summed E-state index contributed by atoms with van der Waals surface area (Å²) in [6, 6.07) is 22.3. The predicted molar refractivity (Wildman–Crippen MR) is 157 cm³/mol. The average molecular weight is 500 g/mol. The Hall–Kier alpha value is -3.90. The number of hydrogen-bond donors (Lipinski definition) is 0. The number of hydrogen-bond acceptors (Lipinski definition) is 2. The van der Waals surface area contributed by atoms with Gasteiger partial charge < -0.3 is 4.74 Å². The summed E-state index contributed by atoms with van der Waals surface area (Å²) in [4.78, 5) is 0. The molecule has 0 bridgehead atoms. The predicted octanol–water partition coefficient (Wildman–Crippen LogP) is 8.73. The molecule has 0 fully saturated rings. The van der Waals surface area contributed by atoms with Crippen molar-refractivity contribution in [3.8, 4) is 28.8 Å². The third kappa shape index (κ3) is 3.82. The van der Waals surface area contributed by atoms with E-state index in [1.54, 1.807) is 0 Å². The highest BCUT2D eigenvalue weighted by Crippen LogP contribution is 2.53. The highest BCUT2D eigenvalue weighted by molar-refractivity contribution is 6.13. The third-order valence-corrected chi connectivity index (χ3v) is 7.88. The Labute approximate surface area is 225 Å². The van der Waals surface area contributed by atoms with Gasteiger partial charge in [-0.3, -0.25) is 0 Å². The van der Waals surface area contributed by atoms with Crippen LogP contribution in [0.25, 0.3) is 43.6 Å². The van der Waals surface area contributed by atoms with Gasteiger partial charge in [0.25, 0.3) is 0 Å². The lowest BCUT2D eigenvalue weighted by Gasteiger charge is -2.28. The number of benzene rings is 4. The SMILES string of the molecule is Cc1c2c(c(CC(C)(C)C)c3ccccc13)Oc1c3ccc(CC(C)(C)C#N)cc3cc3cc[n+](C)c-2c13. The second kappa shape index (κ2) is 8.30. The Morgan fingerprint density at radius 2 is 1.58 bits per heavy atom. The number of pyridine rings is 1. The van der Waals surface area contributed by atoms with Crippen LogP contribution in [0.3, 0.4) is 0 Å². The van der Waals surface area contributed by atoms with Crippen LogP contribution in [0.1, 0.15) is 51.3 Å². The van der Waals surface area contributed by atoms with Crippen LogP contribution >= 0.6 is 0 Å². The van der Waals surface area contributed by atoms with Gasteiger partial charge in [-0.25, -0.2) is 4.57 Å². The minimum atomic E-state index is -0.407. The number of aryl methyl sites for hydroxylation is 2. The van der Waals surface area contributed by atoms with E-state index in [0.717, 1.165) is 28.7 Å². The van der Waals surface area contributed by atoms with Crippen LogP contribution in [0, 0.1) is 29.1 Å². The maximum Gasteiger partial charge on any atom is 0.228 e. The molecule has 3 nitrogen and oxygen atoms in total. The molecule has 6 rings (SSSR count). The zero-order chi connectivity index (χ0) is 27.0. The Kier molecular flexibility index (Phi) is 5.34. The van der Waals surface area contributed by atoms with Crippen LogP contribution in [0.2, 0.25) is 0 Å². The molecular formula is C35H35N2O+. The second-order valence-corrected chi connectivity index (χ2v) is 12.9. The summed E-state index contributed by atoms with van der Waals surface area (Å²) >= 11 is 0. The summed E-state index contributed by atoms with van der Waals surface area (Å²) in [6.07, 6.45) is 3.80. The smallest absolute Gasteiger partial charge is 0.228 e. The molecule has 0 saturated heterocycles. The van der Waals surface area contributed by atoms with Crippen molar-refractivity contribution in [3.05, 3.63) is 77.5 Å². The van der Waals surface area contributed by atoms with Crippen molar-refractivity contribution in [2.45, 2.75) is 54.4 Å². The van der Waals surface area contributed by atoms with Crippen molar-refractivity contribution in [1.82, 2.24) is 0 Å². The molecule has 0 amide bonds. The molecule has 0 unspecified atom stereocenters. The Morgan fingerprint density at radius 3 is 2.29 bits per heavy atom. The molecule has 2 heterocycles. The van der Waals surface area contributed by atoms with Crippen LogP contribution in [0.4, 0.5) is 0 Å². The molecule has 38 heavy (non-hydrogen) atoms. The molecule has 0 spiro atoms. The van der Waals surface area contributed by atoms with Crippen LogP contribution in [0.15, 0.2) is 60.8 Å². The zero-order valence-corrected chi connectivity index (χ0v) is 23.5. The molecule has 1 aromatic heterocycles. The molecule has 3 heteroatoms. The van der Waals surface area contributed by atoms with E-state index in [9.17, 15) is 5.26 Å². The fourth-order valence-electron chi connectivity index (χ4n) is 6.19. The van der Waals surface area contributed by atoms with Gasteiger partial charge >= 0.3 is 0 Å². The minimum Gasteiger partial charge on any atom is -0.455 e. The number of aromatic nitrogens is 1. The summed E-state index contributed by atoms with van der Waals surface area (Å²) in [5.41, 5.74) is 5.82. The van der Waals surface area contributed by atoms with Crippen molar-refractivity contribution >= 4 is 32.3 Å². The van der Waals surface area contributed by atoms with Crippen LogP contribution in [0.5, 0.6) is 11.5 Å².